The molecule has 1 heterocycles. The molecule has 8 heteroatoms. The van der Waals surface area contributed by atoms with Gasteiger partial charge in [-0.1, -0.05) is 0 Å². The molecular formula is C7H2F3N3O2. The number of nitriles is 1. The van der Waals surface area contributed by atoms with Crippen molar-refractivity contribution in [2.45, 2.75) is 6.18 Å². The lowest BCUT2D eigenvalue weighted by Crippen LogP contribution is -2.10. The highest BCUT2D eigenvalue weighted by molar-refractivity contribution is 5.41. The summed E-state index contributed by atoms with van der Waals surface area (Å²) in [5.41, 5.74) is -1.90. The zero-order chi connectivity index (χ0) is 11.6. The average molecular weight is 217 g/mol. The predicted octanol–water partition coefficient (Wildman–Crippen LogP) is 1.88. The quantitative estimate of drug-likeness (QED) is 0.531. The first-order valence-corrected chi connectivity index (χ1v) is 3.48. The van der Waals surface area contributed by atoms with Crippen LogP contribution in [0.4, 0.5) is 19.0 Å². The van der Waals surface area contributed by atoms with Crippen molar-refractivity contribution in [1.82, 2.24) is 4.98 Å². The summed E-state index contributed by atoms with van der Waals surface area (Å²) < 4.78 is 36.8. The van der Waals surface area contributed by atoms with Gasteiger partial charge >= 0.3 is 12.0 Å². The Hall–Kier alpha value is -2.17. The van der Waals surface area contributed by atoms with Crippen LogP contribution in [0.3, 0.4) is 0 Å². The summed E-state index contributed by atoms with van der Waals surface area (Å²) in [6.45, 7) is 0. The molecule has 0 spiro atoms. The van der Waals surface area contributed by atoms with Crippen LogP contribution in [0.1, 0.15) is 11.1 Å². The highest BCUT2D eigenvalue weighted by Gasteiger charge is 2.39. The molecule has 0 aliphatic carbocycles. The molecule has 1 rings (SSSR count). The number of hydrogen-bond donors (Lipinski definition) is 0. The van der Waals surface area contributed by atoms with Gasteiger partial charge in [0.2, 0.25) is 0 Å². The molecule has 0 saturated carbocycles. The molecule has 0 radical (unpaired) electrons. The standard InChI is InChI=1S/C7H2F3N3O2/c8-7(9,10)5-1-4(2-11)3-12-6(5)13(14)15/h1,3H. The van der Waals surface area contributed by atoms with Crippen molar-refractivity contribution in [3.8, 4) is 6.07 Å². The highest BCUT2D eigenvalue weighted by atomic mass is 19.4. The van der Waals surface area contributed by atoms with Gasteiger partial charge in [-0.05, 0) is 16.0 Å². The van der Waals surface area contributed by atoms with Gasteiger partial charge in [-0.3, -0.25) is 0 Å². The lowest BCUT2D eigenvalue weighted by atomic mass is 10.2. The number of pyridine rings is 1. The Kier molecular flexibility index (Phi) is 2.57. The monoisotopic (exact) mass is 217 g/mol. The molecule has 5 nitrogen and oxygen atoms in total. The fourth-order valence-corrected chi connectivity index (χ4v) is 0.873. The first-order valence-electron chi connectivity index (χ1n) is 3.48. The number of hydrogen-bond acceptors (Lipinski definition) is 4. The molecule has 1 aromatic rings. The third-order valence-electron chi connectivity index (χ3n) is 1.47. The van der Waals surface area contributed by atoms with Crippen LogP contribution in [0.25, 0.3) is 0 Å². The Balaban J connectivity index is 3.44. The summed E-state index contributed by atoms with van der Waals surface area (Å²) in [7, 11) is 0. The maximum absolute atomic E-state index is 12.3. The van der Waals surface area contributed by atoms with Gasteiger partial charge in [-0.2, -0.15) is 18.4 Å². The highest BCUT2D eigenvalue weighted by Crippen LogP contribution is 2.34. The molecule has 0 fully saturated rings. The number of halogens is 3. The molecule has 0 aromatic carbocycles. The van der Waals surface area contributed by atoms with E-state index in [0.717, 1.165) is 0 Å². The smallest absolute Gasteiger partial charge is 0.358 e. The lowest BCUT2D eigenvalue weighted by Gasteiger charge is -2.05. The predicted molar refractivity (Wildman–Crippen MR) is 40.6 cm³/mol. The molecule has 78 valence electrons. The van der Waals surface area contributed by atoms with Crippen LogP contribution < -0.4 is 0 Å². The van der Waals surface area contributed by atoms with Crippen LogP contribution in [-0.2, 0) is 6.18 Å². The molecule has 0 aliphatic rings. The van der Waals surface area contributed by atoms with Crippen molar-refractivity contribution >= 4 is 5.82 Å². The fraction of sp³-hybridized carbons (Fsp3) is 0.143. The maximum Gasteiger partial charge on any atom is 0.424 e. The van der Waals surface area contributed by atoms with Gasteiger partial charge in [0.25, 0.3) is 0 Å². The summed E-state index contributed by atoms with van der Waals surface area (Å²) in [5.74, 6) is -1.30. The van der Waals surface area contributed by atoms with Gasteiger partial charge in [0.05, 0.1) is 5.56 Å². The summed E-state index contributed by atoms with van der Waals surface area (Å²) in [6.07, 6.45) is -4.18. The Bertz CT molecular complexity index is 450. The minimum Gasteiger partial charge on any atom is -0.358 e. The third kappa shape index (κ3) is 2.19. The van der Waals surface area contributed by atoms with Gasteiger partial charge in [0, 0.05) is 0 Å². The van der Waals surface area contributed by atoms with E-state index in [9.17, 15) is 23.3 Å². The molecule has 0 N–H and O–H groups in total. The molecule has 0 aliphatic heterocycles. The normalized spacial score (nSPS) is 10.8. The van der Waals surface area contributed by atoms with Gasteiger partial charge in [0.15, 0.2) is 11.8 Å². The fourth-order valence-electron chi connectivity index (χ4n) is 0.873. The largest absolute Gasteiger partial charge is 0.424 e. The van der Waals surface area contributed by atoms with E-state index in [0.29, 0.717) is 12.3 Å². The minimum absolute atomic E-state index is 0.382. The van der Waals surface area contributed by atoms with Crippen molar-refractivity contribution in [2.24, 2.45) is 0 Å². The number of nitrogens with zero attached hydrogens (tertiary/aromatic N) is 3. The van der Waals surface area contributed by atoms with E-state index in [2.05, 4.69) is 4.98 Å². The zero-order valence-corrected chi connectivity index (χ0v) is 6.95. The molecular weight excluding hydrogens is 215 g/mol. The Morgan fingerprint density at radius 2 is 2.13 bits per heavy atom. The minimum atomic E-state index is -4.90. The van der Waals surface area contributed by atoms with E-state index < -0.39 is 22.5 Å². The second-order valence-corrected chi connectivity index (χ2v) is 2.46. The van der Waals surface area contributed by atoms with E-state index >= 15 is 0 Å². The third-order valence-corrected chi connectivity index (χ3v) is 1.47. The molecule has 1 aromatic heterocycles. The first kappa shape index (κ1) is 10.9. The SMILES string of the molecule is N#Cc1cnc([N+](=O)[O-])c(C(F)(F)F)c1. The van der Waals surface area contributed by atoms with E-state index in [1.165, 1.54) is 6.07 Å². The lowest BCUT2D eigenvalue weighted by molar-refractivity contribution is -0.392. The molecule has 0 unspecified atom stereocenters. The number of aromatic nitrogens is 1. The van der Waals surface area contributed by atoms with Gasteiger partial charge in [-0.15, -0.1) is 0 Å². The van der Waals surface area contributed by atoms with Gasteiger partial charge in [-0.25, -0.2) is 0 Å². The number of alkyl halides is 3. The van der Waals surface area contributed by atoms with E-state index in [1.807, 2.05) is 0 Å². The maximum atomic E-state index is 12.3. The van der Waals surface area contributed by atoms with Crippen molar-refractivity contribution in [3.63, 3.8) is 0 Å². The van der Waals surface area contributed by atoms with Crippen LogP contribution in [0, 0.1) is 21.4 Å². The van der Waals surface area contributed by atoms with Crippen molar-refractivity contribution < 1.29 is 18.1 Å². The van der Waals surface area contributed by atoms with Gasteiger partial charge in [0.1, 0.15) is 6.07 Å². The average Bonchev–Trinajstić information content (AvgIpc) is 2.15. The van der Waals surface area contributed by atoms with Crippen LogP contribution in [-0.4, -0.2) is 9.91 Å². The Morgan fingerprint density at radius 1 is 1.53 bits per heavy atom. The first-order chi connectivity index (χ1) is 6.86. The summed E-state index contributed by atoms with van der Waals surface area (Å²) in [4.78, 5) is 12.0. The van der Waals surface area contributed by atoms with Crippen LogP contribution in [0.2, 0.25) is 0 Å². The van der Waals surface area contributed by atoms with Gasteiger partial charge < -0.3 is 10.1 Å². The zero-order valence-electron chi connectivity index (χ0n) is 6.95. The molecule has 0 bridgehead atoms. The van der Waals surface area contributed by atoms with Crippen LogP contribution in [0.5, 0.6) is 0 Å². The second-order valence-electron chi connectivity index (χ2n) is 2.46. The summed E-state index contributed by atoms with van der Waals surface area (Å²) >= 11 is 0. The summed E-state index contributed by atoms with van der Waals surface area (Å²) in [6, 6.07) is 1.81. The topological polar surface area (TPSA) is 79.8 Å². The Morgan fingerprint density at radius 3 is 2.53 bits per heavy atom. The molecule has 0 saturated heterocycles. The Labute approximate surface area is 80.9 Å². The van der Waals surface area contributed by atoms with Crippen molar-refractivity contribution in [1.29, 1.82) is 5.26 Å². The van der Waals surface area contributed by atoms with Crippen LogP contribution in [0.15, 0.2) is 12.3 Å². The molecule has 0 atom stereocenters. The van der Waals surface area contributed by atoms with E-state index in [1.54, 1.807) is 0 Å². The van der Waals surface area contributed by atoms with Crippen molar-refractivity contribution in [2.75, 3.05) is 0 Å². The molecule has 15 heavy (non-hydrogen) atoms. The van der Waals surface area contributed by atoms with E-state index in [-0.39, 0.29) is 5.56 Å². The van der Waals surface area contributed by atoms with E-state index in [4.69, 9.17) is 5.26 Å². The molecule has 0 amide bonds. The summed E-state index contributed by atoms with van der Waals surface area (Å²) in [5, 5.41) is 18.6. The van der Waals surface area contributed by atoms with Crippen molar-refractivity contribution in [3.05, 3.63) is 33.5 Å². The van der Waals surface area contributed by atoms with Crippen LogP contribution >= 0.6 is 0 Å². The second kappa shape index (κ2) is 3.53. The number of rotatable bonds is 1. The number of nitro groups is 1.